The SMILES string of the molecule is CC(NC(=O)c1ccn(C2CCCNC2)n1)c1ccc(Oc2ccccc2)cc1.Cl. The van der Waals surface area contributed by atoms with Gasteiger partial charge in [-0.2, -0.15) is 5.10 Å². The van der Waals surface area contributed by atoms with Crippen molar-refractivity contribution < 1.29 is 9.53 Å². The molecular weight excluding hydrogens is 400 g/mol. The third-order valence-electron chi connectivity index (χ3n) is 5.19. The molecule has 2 N–H and O–H groups in total. The Morgan fingerprint density at radius 3 is 2.57 bits per heavy atom. The molecule has 3 aromatic rings. The molecule has 0 aliphatic carbocycles. The predicted molar refractivity (Wildman–Crippen MR) is 119 cm³/mol. The number of benzene rings is 2. The molecule has 7 heteroatoms. The molecule has 0 bridgehead atoms. The minimum absolute atomic E-state index is 0. The summed E-state index contributed by atoms with van der Waals surface area (Å²) < 4.78 is 7.72. The number of halogens is 1. The van der Waals surface area contributed by atoms with E-state index < -0.39 is 0 Å². The number of rotatable bonds is 6. The monoisotopic (exact) mass is 426 g/mol. The largest absolute Gasteiger partial charge is 0.457 e. The van der Waals surface area contributed by atoms with Crippen LogP contribution in [-0.2, 0) is 0 Å². The van der Waals surface area contributed by atoms with Crippen molar-refractivity contribution >= 4 is 18.3 Å². The van der Waals surface area contributed by atoms with Gasteiger partial charge in [0.25, 0.3) is 5.91 Å². The lowest BCUT2D eigenvalue weighted by Crippen LogP contribution is -2.32. The van der Waals surface area contributed by atoms with E-state index in [1.807, 2.05) is 72.4 Å². The van der Waals surface area contributed by atoms with Crippen LogP contribution in [0.4, 0.5) is 0 Å². The average Bonchev–Trinajstić information content (AvgIpc) is 3.26. The van der Waals surface area contributed by atoms with E-state index in [0.29, 0.717) is 11.7 Å². The lowest BCUT2D eigenvalue weighted by atomic mass is 10.1. The van der Waals surface area contributed by atoms with Crippen LogP contribution in [-0.4, -0.2) is 28.8 Å². The van der Waals surface area contributed by atoms with Gasteiger partial charge in [-0.05, 0) is 62.2 Å². The predicted octanol–water partition coefficient (Wildman–Crippen LogP) is 4.51. The number of nitrogens with zero attached hydrogens (tertiary/aromatic N) is 2. The molecule has 2 unspecified atom stereocenters. The fourth-order valence-electron chi connectivity index (χ4n) is 3.52. The van der Waals surface area contributed by atoms with Gasteiger partial charge in [0.15, 0.2) is 0 Å². The van der Waals surface area contributed by atoms with Gasteiger partial charge < -0.3 is 15.4 Å². The maximum Gasteiger partial charge on any atom is 0.272 e. The molecule has 1 amide bonds. The molecule has 1 aromatic heterocycles. The smallest absolute Gasteiger partial charge is 0.272 e. The molecule has 4 rings (SSSR count). The summed E-state index contributed by atoms with van der Waals surface area (Å²) in [6, 6.07) is 19.4. The Kier molecular flexibility index (Phi) is 7.49. The minimum Gasteiger partial charge on any atom is -0.457 e. The minimum atomic E-state index is -0.162. The number of hydrogen-bond donors (Lipinski definition) is 2. The van der Waals surface area contributed by atoms with Crippen LogP contribution < -0.4 is 15.4 Å². The molecule has 6 nitrogen and oxygen atoms in total. The van der Waals surface area contributed by atoms with Crippen molar-refractivity contribution in [1.29, 1.82) is 0 Å². The van der Waals surface area contributed by atoms with Crippen LogP contribution in [0.25, 0.3) is 0 Å². The summed E-state index contributed by atoms with van der Waals surface area (Å²) in [7, 11) is 0. The second-order valence-corrected chi connectivity index (χ2v) is 7.36. The topological polar surface area (TPSA) is 68.2 Å². The van der Waals surface area contributed by atoms with E-state index in [0.717, 1.165) is 43.0 Å². The molecule has 1 aliphatic heterocycles. The van der Waals surface area contributed by atoms with E-state index in [9.17, 15) is 4.79 Å². The number of carbonyl (C=O) groups is 1. The van der Waals surface area contributed by atoms with E-state index in [-0.39, 0.29) is 24.4 Å². The van der Waals surface area contributed by atoms with Crippen molar-refractivity contribution in [2.24, 2.45) is 0 Å². The maximum absolute atomic E-state index is 12.6. The van der Waals surface area contributed by atoms with E-state index in [4.69, 9.17) is 4.74 Å². The molecule has 2 aromatic carbocycles. The number of amides is 1. The van der Waals surface area contributed by atoms with Crippen LogP contribution in [0.1, 0.15) is 47.9 Å². The van der Waals surface area contributed by atoms with Crippen LogP contribution in [0.2, 0.25) is 0 Å². The second kappa shape index (κ2) is 10.3. The summed E-state index contributed by atoms with van der Waals surface area (Å²) in [6.45, 7) is 3.92. The Morgan fingerprint density at radius 2 is 1.87 bits per heavy atom. The van der Waals surface area contributed by atoms with Gasteiger partial charge in [-0.3, -0.25) is 9.48 Å². The van der Waals surface area contributed by atoms with Gasteiger partial charge in [0, 0.05) is 12.7 Å². The van der Waals surface area contributed by atoms with E-state index in [1.54, 1.807) is 6.07 Å². The number of para-hydroxylation sites is 1. The van der Waals surface area contributed by atoms with Crippen LogP contribution in [0.5, 0.6) is 11.5 Å². The highest BCUT2D eigenvalue weighted by Gasteiger charge is 2.19. The Bertz CT molecular complexity index is 937. The van der Waals surface area contributed by atoms with E-state index >= 15 is 0 Å². The lowest BCUT2D eigenvalue weighted by molar-refractivity contribution is 0.0933. The standard InChI is InChI=1S/C23H26N4O2.ClH/c1-17(18-9-11-21(12-10-18)29-20-7-3-2-4-8-20)25-23(28)22-13-15-27(26-22)19-6-5-14-24-16-19;/h2-4,7-13,15,17,19,24H,5-6,14,16H2,1H3,(H,25,28);1H. The van der Waals surface area contributed by atoms with Gasteiger partial charge in [-0.15, -0.1) is 12.4 Å². The van der Waals surface area contributed by atoms with Crippen LogP contribution in [0.15, 0.2) is 66.9 Å². The Balaban J connectivity index is 0.00000256. The van der Waals surface area contributed by atoms with Crippen molar-refractivity contribution in [3.05, 3.63) is 78.1 Å². The molecule has 0 radical (unpaired) electrons. The Hall–Kier alpha value is -2.83. The van der Waals surface area contributed by atoms with Crippen molar-refractivity contribution in [2.75, 3.05) is 13.1 Å². The average molecular weight is 427 g/mol. The lowest BCUT2D eigenvalue weighted by Gasteiger charge is -2.22. The fourth-order valence-corrected chi connectivity index (χ4v) is 3.52. The first-order chi connectivity index (χ1) is 14.2. The number of piperidine rings is 1. The second-order valence-electron chi connectivity index (χ2n) is 7.36. The van der Waals surface area contributed by atoms with Crippen LogP contribution in [0.3, 0.4) is 0 Å². The molecule has 30 heavy (non-hydrogen) atoms. The first-order valence-electron chi connectivity index (χ1n) is 10.1. The van der Waals surface area contributed by atoms with Gasteiger partial charge in [-0.1, -0.05) is 30.3 Å². The summed E-state index contributed by atoms with van der Waals surface area (Å²) in [5.74, 6) is 1.40. The van der Waals surface area contributed by atoms with Gasteiger partial charge in [0.05, 0.1) is 12.1 Å². The molecule has 1 fully saturated rings. The normalized spacial score (nSPS) is 16.9. The van der Waals surface area contributed by atoms with Gasteiger partial charge >= 0.3 is 0 Å². The van der Waals surface area contributed by atoms with Crippen molar-refractivity contribution in [1.82, 2.24) is 20.4 Å². The molecule has 2 heterocycles. The summed E-state index contributed by atoms with van der Waals surface area (Å²) in [4.78, 5) is 12.6. The summed E-state index contributed by atoms with van der Waals surface area (Å²) in [5.41, 5.74) is 1.46. The number of nitrogens with one attached hydrogen (secondary N) is 2. The van der Waals surface area contributed by atoms with Crippen molar-refractivity contribution in [3.63, 3.8) is 0 Å². The Labute approximate surface area is 183 Å². The van der Waals surface area contributed by atoms with E-state index in [1.165, 1.54) is 0 Å². The summed E-state index contributed by atoms with van der Waals surface area (Å²) in [5, 5.41) is 10.9. The molecule has 158 valence electrons. The third-order valence-corrected chi connectivity index (χ3v) is 5.19. The number of carbonyl (C=O) groups excluding carboxylic acids is 1. The first-order valence-corrected chi connectivity index (χ1v) is 10.1. The summed E-state index contributed by atoms with van der Waals surface area (Å²) >= 11 is 0. The Morgan fingerprint density at radius 1 is 1.13 bits per heavy atom. The third kappa shape index (κ3) is 5.40. The number of aromatic nitrogens is 2. The molecule has 0 spiro atoms. The number of hydrogen-bond acceptors (Lipinski definition) is 4. The molecular formula is C23H27ClN4O2. The molecule has 0 saturated carbocycles. The fraction of sp³-hybridized carbons (Fsp3) is 0.304. The highest BCUT2D eigenvalue weighted by molar-refractivity contribution is 5.92. The van der Waals surface area contributed by atoms with Crippen LogP contribution in [0, 0.1) is 0 Å². The van der Waals surface area contributed by atoms with Crippen molar-refractivity contribution in [3.8, 4) is 11.5 Å². The van der Waals surface area contributed by atoms with Gasteiger partial charge in [0.2, 0.25) is 0 Å². The van der Waals surface area contributed by atoms with Crippen LogP contribution >= 0.6 is 12.4 Å². The first kappa shape index (κ1) is 21.9. The zero-order chi connectivity index (χ0) is 20.1. The highest BCUT2D eigenvalue weighted by Crippen LogP contribution is 2.23. The molecule has 1 saturated heterocycles. The van der Waals surface area contributed by atoms with Crippen molar-refractivity contribution in [2.45, 2.75) is 31.8 Å². The zero-order valence-corrected chi connectivity index (χ0v) is 17.8. The molecule has 1 aliphatic rings. The van der Waals surface area contributed by atoms with Gasteiger partial charge in [0.1, 0.15) is 17.2 Å². The molecule has 2 atom stereocenters. The zero-order valence-electron chi connectivity index (χ0n) is 17.0. The number of ether oxygens (including phenoxy) is 1. The quantitative estimate of drug-likeness (QED) is 0.608. The van der Waals surface area contributed by atoms with Gasteiger partial charge in [-0.25, -0.2) is 0 Å². The summed E-state index contributed by atoms with van der Waals surface area (Å²) in [6.07, 6.45) is 4.11. The highest BCUT2D eigenvalue weighted by atomic mass is 35.5. The maximum atomic E-state index is 12.6. The van der Waals surface area contributed by atoms with E-state index in [2.05, 4.69) is 15.7 Å².